The summed E-state index contributed by atoms with van der Waals surface area (Å²) in [6, 6.07) is 17.5. The number of thioether (sulfide) groups is 1. The molecule has 1 saturated heterocycles. The maximum Gasteiger partial charge on any atom is 0.269 e. The molecule has 0 bridgehead atoms. The normalized spacial score (nSPS) is 16.4. The van der Waals surface area contributed by atoms with Crippen molar-refractivity contribution < 1.29 is 14.1 Å². The predicted molar refractivity (Wildman–Crippen MR) is 113 cm³/mol. The molecule has 144 valence electrons. The largest absolute Gasteiger partial charge is 0.457 e. The summed E-state index contributed by atoms with van der Waals surface area (Å²) in [6.07, 6.45) is 1.65. The predicted octanol–water partition coefficient (Wildman–Crippen LogP) is 5.05. The van der Waals surface area contributed by atoms with Crippen molar-refractivity contribution in [3.8, 4) is 11.3 Å². The van der Waals surface area contributed by atoms with Gasteiger partial charge in [0.1, 0.15) is 11.5 Å². The summed E-state index contributed by atoms with van der Waals surface area (Å²) >= 11 is 1.24. The lowest BCUT2D eigenvalue weighted by Gasteiger charge is -2.02. The Hall–Kier alpha value is -3.65. The Morgan fingerprint density at radius 2 is 1.93 bits per heavy atom. The number of aliphatic imine (C=N–C) groups is 1. The Labute approximate surface area is 170 Å². The summed E-state index contributed by atoms with van der Waals surface area (Å²) in [5.74, 6) is 0.844. The molecule has 2 heterocycles. The molecule has 0 atom stereocenters. The van der Waals surface area contributed by atoms with E-state index in [9.17, 15) is 14.9 Å². The van der Waals surface area contributed by atoms with E-state index in [0.29, 0.717) is 21.6 Å². The van der Waals surface area contributed by atoms with Crippen molar-refractivity contribution >= 4 is 40.3 Å². The van der Waals surface area contributed by atoms with Crippen molar-refractivity contribution in [2.75, 3.05) is 0 Å². The number of nitro benzene ring substituents is 1. The number of benzene rings is 2. The van der Waals surface area contributed by atoms with E-state index in [4.69, 9.17) is 4.42 Å². The zero-order valence-electron chi connectivity index (χ0n) is 15.3. The van der Waals surface area contributed by atoms with E-state index in [1.165, 1.54) is 23.9 Å². The van der Waals surface area contributed by atoms with Gasteiger partial charge in [-0.1, -0.05) is 18.2 Å². The first-order valence-electron chi connectivity index (χ1n) is 8.69. The average Bonchev–Trinajstić information content (AvgIpc) is 3.29. The van der Waals surface area contributed by atoms with Gasteiger partial charge in [-0.25, -0.2) is 4.99 Å². The molecule has 1 aliphatic heterocycles. The van der Waals surface area contributed by atoms with Crippen LogP contribution in [-0.4, -0.2) is 16.0 Å². The lowest BCUT2D eigenvalue weighted by Crippen LogP contribution is -2.19. The number of hydrogen-bond donors (Lipinski definition) is 1. The third-order valence-corrected chi connectivity index (χ3v) is 5.13. The van der Waals surface area contributed by atoms with Gasteiger partial charge in [0, 0.05) is 23.8 Å². The van der Waals surface area contributed by atoms with Crippen LogP contribution in [0.5, 0.6) is 0 Å². The molecular formula is C21H15N3O4S. The highest BCUT2D eigenvalue weighted by Crippen LogP contribution is 2.32. The van der Waals surface area contributed by atoms with E-state index in [1.54, 1.807) is 31.2 Å². The summed E-state index contributed by atoms with van der Waals surface area (Å²) in [5.41, 5.74) is 2.28. The van der Waals surface area contributed by atoms with Crippen LogP contribution < -0.4 is 5.32 Å². The van der Waals surface area contributed by atoms with Crippen molar-refractivity contribution in [1.29, 1.82) is 0 Å². The average molecular weight is 405 g/mol. The summed E-state index contributed by atoms with van der Waals surface area (Å²) in [4.78, 5) is 27.6. The summed E-state index contributed by atoms with van der Waals surface area (Å²) < 4.78 is 5.84. The molecule has 3 aromatic rings. The van der Waals surface area contributed by atoms with Crippen molar-refractivity contribution in [2.45, 2.75) is 6.92 Å². The van der Waals surface area contributed by atoms with Gasteiger partial charge in [-0.05, 0) is 54.6 Å². The van der Waals surface area contributed by atoms with Crippen LogP contribution in [0.2, 0.25) is 0 Å². The maximum absolute atomic E-state index is 12.2. The number of aryl methyl sites for hydroxylation is 1. The van der Waals surface area contributed by atoms with Gasteiger partial charge in [-0.2, -0.15) is 0 Å². The first kappa shape index (κ1) is 18.7. The monoisotopic (exact) mass is 405 g/mol. The third kappa shape index (κ3) is 4.12. The van der Waals surface area contributed by atoms with Crippen LogP contribution in [-0.2, 0) is 4.79 Å². The van der Waals surface area contributed by atoms with Crippen molar-refractivity contribution in [3.63, 3.8) is 0 Å². The molecule has 1 N–H and O–H groups in total. The highest BCUT2D eigenvalue weighted by atomic mass is 32.2. The maximum atomic E-state index is 12.2. The van der Waals surface area contributed by atoms with Gasteiger partial charge in [0.2, 0.25) is 0 Å². The number of non-ortho nitro benzene ring substituents is 1. The van der Waals surface area contributed by atoms with Crippen LogP contribution >= 0.6 is 11.8 Å². The van der Waals surface area contributed by atoms with E-state index in [2.05, 4.69) is 10.3 Å². The van der Waals surface area contributed by atoms with Crippen LogP contribution in [0.1, 0.15) is 11.3 Å². The number of nitrogens with one attached hydrogen (secondary N) is 1. The molecule has 4 rings (SSSR count). The minimum atomic E-state index is -0.431. The molecule has 1 amide bonds. The fraction of sp³-hybridized carbons (Fsp3) is 0.0476. The summed E-state index contributed by atoms with van der Waals surface area (Å²) in [5, 5.41) is 14.1. The third-order valence-electron chi connectivity index (χ3n) is 4.22. The number of nitro groups is 1. The number of nitrogens with zero attached hydrogens (tertiary/aromatic N) is 2. The zero-order valence-corrected chi connectivity index (χ0v) is 16.1. The molecule has 0 spiro atoms. The number of amides is 1. The Morgan fingerprint density at radius 1 is 1.14 bits per heavy atom. The summed E-state index contributed by atoms with van der Waals surface area (Å²) in [7, 11) is 0. The van der Waals surface area contributed by atoms with Crippen molar-refractivity contribution in [3.05, 3.63) is 87.0 Å². The van der Waals surface area contributed by atoms with Gasteiger partial charge >= 0.3 is 0 Å². The number of carbonyl (C=O) groups excluding carboxylic acids is 1. The topological polar surface area (TPSA) is 97.7 Å². The van der Waals surface area contributed by atoms with Gasteiger partial charge < -0.3 is 9.73 Å². The second-order valence-corrected chi connectivity index (χ2v) is 7.31. The highest BCUT2D eigenvalue weighted by Gasteiger charge is 2.24. The standard InChI is InChI=1S/C21H15N3O4S/c1-13-11-15(24(26)27)7-9-17(13)18-10-8-16(28-18)12-19-20(25)23-21(29-19)22-14-5-3-2-4-6-14/h2-12H,1H3,(H,22,23,25)/b19-12+. The molecule has 8 heteroatoms. The van der Waals surface area contributed by atoms with Gasteiger partial charge in [-0.15, -0.1) is 0 Å². The second-order valence-electron chi connectivity index (χ2n) is 6.28. The fourth-order valence-corrected chi connectivity index (χ4v) is 3.66. The Kier molecular flexibility index (Phi) is 5.01. The first-order valence-corrected chi connectivity index (χ1v) is 9.51. The van der Waals surface area contributed by atoms with E-state index in [0.717, 1.165) is 16.8 Å². The molecular weight excluding hydrogens is 390 g/mol. The molecule has 1 fully saturated rings. The van der Waals surface area contributed by atoms with Gasteiger partial charge in [0.15, 0.2) is 5.17 Å². The number of carbonyl (C=O) groups is 1. The Morgan fingerprint density at radius 3 is 2.66 bits per heavy atom. The van der Waals surface area contributed by atoms with Crippen LogP contribution in [0.4, 0.5) is 11.4 Å². The van der Waals surface area contributed by atoms with Crippen LogP contribution in [0.3, 0.4) is 0 Å². The van der Waals surface area contributed by atoms with Crippen molar-refractivity contribution in [2.24, 2.45) is 4.99 Å². The molecule has 7 nitrogen and oxygen atoms in total. The minimum Gasteiger partial charge on any atom is -0.457 e. The van der Waals surface area contributed by atoms with Crippen LogP contribution in [0.15, 0.2) is 75.0 Å². The lowest BCUT2D eigenvalue weighted by molar-refractivity contribution is -0.384. The van der Waals surface area contributed by atoms with E-state index in [1.807, 2.05) is 30.3 Å². The van der Waals surface area contributed by atoms with Crippen molar-refractivity contribution in [1.82, 2.24) is 5.32 Å². The molecule has 29 heavy (non-hydrogen) atoms. The summed E-state index contributed by atoms with van der Waals surface area (Å²) in [6.45, 7) is 1.79. The van der Waals surface area contributed by atoms with Crippen LogP contribution in [0.25, 0.3) is 17.4 Å². The Balaban J connectivity index is 1.56. The number of hydrogen-bond acceptors (Lipinski definition) is 6. The van der Waals surface area contributed by atoms with E-state index in [-0.39, 0.29) is 11.6 Å². The minimum absolute atomic E-state index is 0.0319. The number of para-hydroxylation sites is 1. The second kappa shape index (κ2) is 7.76. The lowest BCUT2D eigenvalue weighted by atomic mass is 10.1. The zero-order chi connectivity index (χ0) is 20.4. The molecule has 0 saturated carbocycles. The van der Waals surface area contributed by atoms with Gasteiger partial charge in [-0.3, -0.25) is 14.9 Å². The Bertz CT molecular complexity index is 1170. The molecule has 1 aliphatic rings. The fourth-order valence-electron chi connectivity index (χ4n) is 2.84. The number of furan rings is 1. The highest BCUT2D eigenvalue weighted by molar-refractivity contribution is 8.18. The van der Waals surface area contributed by atoms with E-state index >= 15 is 0 Å². The number of amidine groups is 1. The quantitative estimate of drug-likeness (QED) is 0.372. The van der Waals surface area contributed by atoms with E-state index < -0.39 is 4.92 Å². The molecule has 1 aromatic heterocycles. The smallest absolute Gasteiger partial charge is 0.269 e. The van der Waals surface area contributed by atoms with Gasteiger partial charge in [0.25, 0.3) is 11.6 Å². The molecule has 0 aliphatic carbocycles. The van der Waals surface area contributed by atoms with Gasteiger partial charge in [0.05, 0.1) is 15.5 Å². The molecule has 0 unspecified atom stereocenters. The molecule has 2 aromatic carbocycles. The number of rotatable bonds is 4. The van der Waals surface area contributed by atoms with Crippen LogP contribution in [0, 0.1) is 17.0 Å². The molecule has 0 radical (unpaired) electrons. The SMILES string of the molecule is Cc1cc([N+](=O)[O-])ccc1-c1ccc(/C=C2/SC(=Nc3ccccc3)NC2=O)o1. The first-order chi connectivity index (χ1) is 14.0.